The maximum Gasteiger partial charge on any atom is 0.180 e. The standard InChI is InChI=1S/C19H23ClFNO2/c1-19(2,3)22-11-14-9-16(20)18(17(10-14)23-4)24-12-13-5-7-15(21)8-6-13/h5-10,22H,11-12H2,1-4H3. The third kappa shape index (κ3) is 5.39. The van der Waals surface area contributed by atoms with Gasteiger partial charge >= 0.3 is 0 Å². The third-order valence-corrected chi connectivity index (χ3v) is 3.69. The Balaban J connectivity index is 2.13. The molecule has 0 aromatic heterocycles. The molecule has 1 N–H and O–H groups in total. The fraction of sp³-hybridized carbons (Fsp3) is 0.368. The van der Waals surface area contributed by atoms with Gasteiger partial charge in [0.05, 0.1) is 12.1 Å². The second kappa shape index (κ2) is 7.86. The number of methoxy groups -OCH3 is 1. The van der Waals surface area contributed by atoms with E-state index >= 15 is 0 Å². The van der Waals surface area contributed by atoms with Crippen molar-refractivity contribution in [1.29, 1.82) is 0 Å². The Kier molecular flexibility index (Phi) is 6.08. The molecule has 0 heterocycles. The van der Waals surface area contributed by atoms with Gasteiger partial charge < -0.3 is 14.8 Å². The van der Waals surface area contributed by atoms with E-state index in [1.165, 1.54) is 12.1 Å². The molecule has 0 aliphatic rings. The quantitative estimate of drug-likeness (QED) is 0.798. The summed E-state index contributed by atoms with van der Waals surface area (Å²) < 4.78 is 24.1. The average molecular weight is 352 g/mol. The molecule has 0 aliphatic carbocycles. The molecule has 130 valence electrons. The first-order chi connectivity index (χ1) is 11.3. The smallest absolute Gasteiger partial charge is 0.180 e. The summed E-state index contributed by atoms with van der Waals surface area (Å²) in [6, 6.07) is 9.93. The van der Waals surface area contributed by atoms with Crippen molar-refractivity contribution in [2.75, 3.05) is 7.11 Å². The van der Waals surface area contributed by atoms with Gasteiger partial charge in [-0.2, -0.15) is 0 Å². The Bertz CT molecular complexity index is 681. The first kappa shape index (κ1) is 18.6. The largest absolute Gasteiger partial charge is 0.493 e. The van der Waals surface area contributed by atoms with Crippen LogP contribution in [0.15, 0.2) is 36.4 Å². The molecular weight excluding hydrogens is 329 g/mol. The number of hydrogen-bond donors (Lipinski definition) is 1. The topological polar surface area (TPSA) is 30.5 Å². The van der Waals surface area contributed by atoms with Gasteiger partial charge in [0, 0.05) is 12.1 Å². The van der Waals surface area contributed by atoms with Crippen molar-refractivity contribution < 1.29 is 13.9 Å². The average Bonchev–Trinajstić information content (AvgIpc) is 2.52. The molecule has 0 unspecified atom stereocenters. The van der Waals surface area contributed by atoms with Gasteiger partial charge in [-0.25, -0.2) is 4.39 Å². The van der Waals surface area contributed by atoms with Crippen molar-refractivity contribution in [3.8, 4) is 11.5 Å². The van der Waals surface area contributed by atoms with Crippen LogP contribution in [0, 0.1) is 5.82 Å². The van der Waals surface area contributed by atoms with Gasteiger partial charge in [0.2, 0.25) is 0 Å². The zero-order chi connectivity index (χ0) is 17.7. The maximum absolute atomic E-state index is 12.9. The summed E-state index contributed by atoms with van der Waals surface area (Å²) in [5.41, 5.74) is 1.88. The highest BCUT2D eigenvalue weighted by molar-refractivity contribution is 6.32. The zero-order valence-corrected chi connectivity index (χ0v) is 15.2. The molecule has 0 spiro atoms. The molecule has 5 heteroatoms. The number of nitrogens with one attached hydrogen (secondary N) is 1. The Labute approximate surface area is 147 Å². The monoisotopic (exact) mass is 351 g/mol. The molecule has 0 amide bonds. The Morgan fingerprint density at radius 1 is 1.08 bits per heavy atom. The van der Waals surface area contributed by atoms with Crippen LogP contribution in [0.1, 0.15) is 31.9 Å². The number of benzene rings is 2. The van der Waals surface area contributed by atoms with Crippen LogP contribution < -0.4 is 14.8 Å². The SMILES string of the molecule is COc1cc(CNC(C)(C)C)cc(Cl)c1OCc1ccc(F)cc1. The minimum Gasteiger partial charge on any atom is -0.493 e. The normalized spacial score (nSPS) is 11.4. The van der Waals surface area contributed by atoms with Crippen LogP contribution in [0.2, 0.25) is 5.02 Å². The van der Waals surface area contributed by atoms with Crippen molar-refractivity contribution in [1.82, 2.24) is 5.32 Å². The van der Waals surface area contributed by atoms with Gasteiger partial charge in [-0.3, -0.25) is 0 Å². The summed E-state index contributed by atoms with van der Waals surface area (Å²) in [6.45, 7) is 7.28. The van der Waals surface area contributed by atoms with Gasteiger partial charge in [-0.1, -0.05) is 23.7 Å². The summed E-state index contributed by atoms with van der Waals surface area (Å²) in [7, 11) is 1.58. The van der Waals surface area contributed by atoms with Gasteiger partial charge in [-0.05, 0) is 56.2 Å². The number of hydrogen-bond acceptors (Lipinski definition) is 3. The van der Waals surface area contributed by atoms with Crippen molar-refractivity contribution in [2.45, 2.75) is 39.5 Å². The van der Waals surface area contributed by atoms with Gasteiger partial charge in [0.15, 0.2) is 11.5 Å². The van der Waals surface area contributed by atoms with Crippen LogP contribution in [0.4, 0.5) is 4.39 Å². The zero-order valence-electron chi connectivity index (χ0n) is 14.5. The van der Waals surface area contributed by atoms with Gasteiger partial charge in [-0.15, -0.1) is 0 Å². The fourth-order valence-electron chi connectivity index (χ4n) is 2.12. The van der Waals surface area contributed by atoms with E-state index in [1.54, 1.807) is 19.2 Å². The number of rotatable bonds is 6. The van der Waals surface area contributed by atoms with Crippen LogP contribution in [-0.2, 0) is 13.2 Å². The summed E-state index contributed by atoms with van der Waals surface area (Å²) in [4.78, 5) is 0. The molecule has 0 saturated heterocycles. The molecule has 2 rings (SSSR count). The molecule has 3 nitrogen and oxygen atoms in total. The van der Waals surface area contributed by atoms with E-state index in [0.29, 0.717) is 23.1 Å². The van der Waals surface area contributed by atoms with E-state index in [-0.39, 0.29) is 18.0 Å². The second-order valence-corrected chi connectivity index (χ2v) is 7.03. The van der Waals surface area contributed by atoms with Crippen molar-refractivity contribution in [3.63, 3.8) is 0 Å². The van der Waals surface area contributed by atoms with Crippen molar-refractivity contribution in [3.05, 3.63) is 58.4 Å². The maximum atomic E-state index is 12.9. The molecule has 2 aromatic carbocycles. The highest BCUT2D eigenvalue weighted by Crippen LogP contribution is 2.37. The van der Waals surface area contributed by atoms with Crippen LogP contribution in [0.25, 0.3) is 0 Å². The van der Waals surface area contributed by atoms with Gasteiger partial charge in [0.25, 0.3) is 0 Å². The lowest BCUT2D eigenvalue weighted by atomic mass is 10.1. The summed E-state index contributed by atoms with van der Waals surface area (Å²) in [5, 5.41) is 3.90. The highest BCUT2D eigenvalue weighted by Gasteiger charge is 2.14. The van der Waals surface area contributed by atoms with Crippen molar-refractivity contribution in [2.24, 2.45) is 0 Å². The van der Waals surface area contributed by atoms with Crippen LogP contribution in [0.3, 0.4) is 0 Å². The van der Waals surface area contributed by atoms with E-state index in [2.05, 4.69) is 26.1 Å². The van der Waals surface area contributed by atoms with Crippen LogP contribution >= 0.6 is 11.6 Å². The Morgan fingerprint density at radius 2 is 1.75 bits per heavy atom. The van der Waals surface area contributed by atoms with E-state index < -0.39 is 0 Å². The third-order valence-electron chi connectivity index (χ3n) is 3.41. The lowest BCUT2D eigenvalue weighted by Gasteiger charge is -2.21. The Hall–Kier alpha value is -1.78. The van der Waals surface area contributed by atoms with Crippen LogP contribution in [-0.4, -0.2) is 12.6 Å². The van der Waals surface area contributed by atoms with Crippen molar-refractivity contribution >= 4 is 11.6 Å². The highest BCUT2D eigenvalue weighted by atomic mass is 35.5. The van der Waals surface area contributed by atoms with E-state index in [1.807, 2.05) is 12.1 Å². The molecule has 0 fully saturated rings. The van der Waals surface area contributed by atoms with E-state index in [9.17, 15) is 4.39 Å². The lowest BCUT2D eigenvalue weighted by Crippen LogP contribution is -2.35. The van der Waals surface area contributed by atoms with Crippen LogP contribution in [0.5, 0.6) is 11.5 Å². The molecule has 0 bridgehead atoms. The molecule has 0 saturated carbocycles. The molecule has 0 atom stereocenters. The van der Waals surface area contributed by atoms with E-state index in [4.69, 9.17) is 21.1 Å². The summed E-state index contributed by atoms with van der Waals surface area (Å²) in [5.74, 6) is 0.795. The second-order valence-electron chi connectivity index (χ2n) is 6.63. The molecule has 24 heavy (non-hydrogen) atoms. The minimum atomic E-state index is -0.273. The summed E-state index contributed by atoms with van der Waals surface area (Å²) >= 11 is 6.36. The van der Waals surface area contributed by atoms with Gasteiger partial charge in [0.1, 0.15) is 12.4 Å². The molecular formula is C19H23ClFNO2. The predicted octanol–water partition coefficient (Wildman–Crippen LogP) is 4.95. The molecule has 0 aliphatic heterocycles. The number of halogens is 2. The number of ether oxygens (including phenoxy) is 2. The predicted molar refractivity (Wildman–Crippen MR) is 95.3 cm³/mol. The minimum absolute atomic E-state index is 0.0114. The molecule has 0 radical (unpaired) electrons. The fourth-order valence-corrected chi connectivity index (χ4v) is 2.41. The summed E-state index contributed by atoms with van der Waals surface area (Å²) in [6.07, 6.45) is 0. The first-order valence-corrected chi connectivity index (χ1v) is 8.15. The first-order valence-electron chi connectivity index (χ1n) is 7.77. The lowest BCUT2D eigenvalue weighted by molar-refractivity contribution is 0.284. The Morgan fingerprint density at radius 3 is 2.33 bits per heavy atom. The molecule has 2 aromatic rings. The van der Waals surface area contributed by atoms with E-state index in [0.717, 1.165) is 11.1 Å².